The van der Waals surface area contributed by atoms with Crippen LogP contribution in [0, 0.1) is 0 Å². The molecule has 1 atom stereocenters. The van der Waals surface area contributed by atoms with Gasteiger partial charge in [-0.1, -0.05) is 22.9 Å². The van der Waals surface area contributed by atoms with E-state index in [1.807, 2.05) is 24.5 Å². The number of hydrogen-bond donors (Lipinski definition) is 0. The molecule has 0 aliphatic carbocycles. The number of rotatable bonds is 4. The van der Waals surface area contributed by atoms with Gasteiger partial charge in [-0.3, -0.25) is 4.98 Å². The Bertz CT molecular complexity index is 236. The van der Waals surface area contributed by atoms with Gasteiger partial charge in [0, 0.05) is 36.5 Å². The molecule has 1 rings (SSSR count). The monoisotopic (exact) mass is 242 g/mol. The Morgan fingerprint density at radius 1 is 1.46 bits per heavy atom. The van der Waals surface area contributed by atoms with Crippen molar-refractivity contribution in [2.75, 3.05) is 18.5 Å². The van der Waals surface area contributed by atoms with Gasteiger partial charge in [-0.05, 0) is 18.6 Å². The van der Waals surface area contributed by atoms with Crippen molar-refractivity contribution in [2.45, 2.75) is 18.2 Å². The van der Waals surface area contributed by atoms with Crippen LogP contribution in [0.2, 0.25) is 0 Å². The molecule has 1 aromatic rings. The number of anilines is 1. The fourth-order valence-electron chi connectivity index (χ4n) is 1.10. The molecule has 0 aliphatic rings. The molecule has 0 amide bonds. The molecule has 0 bridgehead atoms. The third kappa shape index (κ3) is 3.77. The van der Waals surface area contributed by atoms with Gasteiger partial charge in [0.2, 0.25) is 0 Å². The Balaban J connectivity index is 2.44. The second-order valence-electron chi connectivity index (χ2n) is 3.20. The minimum absolute atomic E-state index is 0.580. The van der Waals surface area contributed by atoms with E-state index in [9.17, 15) is 0 Å². The van der Waals surface area contributed by atoms with Gasteiger partial charge in [0.25, 0.3) is 0 Å². The van der Waals surface area contributed by atoms with Crippen LogP contribution in [-0.4, -0.2) is 23.4 Å². The summed E-state index contributed by atoms with van der Waals surface area (Å²) < 4.78 is 0. The molecule has 0 saturated heterocycles. The van der Waals surface area contributed by atoms with Gasteiger partial charge in [-0.25, -0.2) is 0 Å². The molecule has 0 N–H and O–H groups in total. The number of aromatic nitrogens is 1. The number of nitrogens with zero attached hydrogens (tertiary/aromatic N) is 2. The van der Waals surface area contributed by atoms with Crippen LogP contribution in [0.5, 0.6) is 0 Å². The Labute approximate surface area is 88.1 Å². The molecule has 0 aromatic carbocycles. The highest BCUT2D eigenvalue weighted by atomic mass is 79.9. The zero-order chi connectivity index (χ0) is 9.68. The van der Waals surface area contributed by atoms with Gasteiger partial charge in [0.1, 0.15) is 0 Å². The first-order valence-corrected chi connectivity index (χ1v) is 5.37. The quantitative estimate of drug-likeness (QED) is 0.756. The van der Waals surface area contributed by atoms with E-state index in [0.29, 0.717) is 4.83 Å². The Morgan fingerprint density at radius 2 is 2.08 bits per heavy atom. The number of alkyl halides is 1. The summed E-state index contributed by atoms with van der Waals surface area (Å²) in [5.41, 5.74) is 1.23. The van der Waals surface area contributed by atoms with E-state index in [0.717, 1.165) is 13.0 Å². The Morgan fingerprint density at radius 3 is 2.62 bits per heavy atom. The van der Waals surface area contributed by atoms with Crippen molar-refractivity contribution in [3.05, 3.63) is 24.5 Å². The highest BCUT2D eigenvalue weighted by molar-refractivity contribution is 9.09. The standard InChI is InChI=1S/C10H15BrN2/c1-9(11)5-8-13(2)10-3-6-12-7-4-10/h3-4,6-7,9H,5,8H2,1-2H3. The van der Waals surface area contributed by atoms with Crippen molar-refractivity contribution < 1.29 is 0 Å². The van der Waals surface area contributed by atoms with Crippen molar-refractivity contribution in [1.29, 1.82) is 0 Å². The molecule has 0 aliphatic heterocycles. The zero-order valence-corrected chi connectivity index (χ0v) is 9.66. The Kier molecular flexibility index (Phi) is 4.22. The van der Waals surface area contributed by atoms with Crippen LogP contribution in [0.3, 0.4) is 0 Å². The first-order valence-electron chi connectivity index (χ1n) is 4.45. The van der Waals surface area contributed by atoms with E-state index in [4.69, 9.17) is 0 Å². The molecular formula is C10H15BrN2. The fourth-order valence-corrected chi connectivity index (χ4v) is 1.30. The molecular weight excluding hydrogens is 228 g/mol. The van der Waals surface area contributed by atoms with E-state index in [1.54, 1.807) is 0 Å². The van der Waals surface area contributed by atoms with Gasteiger partial charge in [-0.15, -0.1) is 0 Å². The second kappa shape index (κ2) is 5.22. The first kappa shape index (κ1) is 10.5. The van der Waals surface area contributed by atoms with Crippen LogP contribution >= 0.6 is 15.9 Å². The molecule has 1 unspecified atom stereocenters. The van der Waals surface area contributed by atoms with Crippen molar-refractivity contribution in [3.8, 4) is 0 Å². The Hall–Kier alpha value is -0.570. The van der Waals surface area contributed by atoms with Crippen LogP contribution in [0.25, 0.3) is 0 Å². The molecule has 2 nitrogen and oxygen atoms in total. The molecule has 0 radical (unpaired) electrons. The summed E-state index contributed by atoms with van der Waals surface area (Å²) in [4.78, 5) is 6.80. The number of hydrogen-bond acceptors (Lipinski definition) is 2. The van der Waals surface area contributed by atoms with Gasteiger partial charge < -0.3 is 4.90 Å². The number of halogens is 1. The zero-order valence-electron chi connectivity index (χ0n) is 8.07. The van der Waals surface area contributed by atoms with E-state index in [-0.39, 0.29) is 0 Å². The van der Waals surface area contributed by atoms with Crippen molar-refractivity contribution in [2.24, 2.45) is 0 Å². The molecule has 0 saturated carbocycles. The lowest BCUT2D eigenvalue weighted by Crippen LogP contribution is -2.20. The highest BCUT2D eigenvalue weighted by Gasteiger charge is 2.01. The average molecular weight is 243 g/mol. The summed E-state index contributed by atoms with van der Waals surface area (Å²) in [6.45, 7) is 3.23. The first-order chi connectivity index (χ1) is 6.20. The van der Waals surface area contributed by atoms with E-state index < -0.39 is 0 Å². The summed E-state index contributed by atoms with van der Waals surface area (Å²) >= 11 is 3.54. The fraction of sp³-hybridized carbons (Fsp3) is 0.500. The van der Waals surface area contributed by atoms with Crippen molar-refractivity contribution in [3.63, 3.8) is 0 Å². The molecule has 3 heteroatoms. The maximum Gasteiger partial charge on any atom is 0.0394 e. The predicted octanol–water partition coefficient (Wildman–Crippen LogP) is 2.69. The maximum absolute atomic E-state index is 3.99. The number of pyridine rings is 1. The lowest BCUT2D eigenvalue weighted by Gasteiger charge is -2.19. The second-order valence-corrected chi connectivity index (χ2v) is 4.76. The largest absolute Gasteiger partial charge is 0.374 e. The van der Waals surface area contributed by atoms with Crippen LogP contribution < -0.4 is 4.90 Å². The summed E-state index contributed by atoms with van der Waals surface area (Å²) in [6.07, 6.45) is 4.80. The highest BCUT2D eigenvalue weighted by Crippen LogP contribution is 2.12. The SMILES string of the molecule is CC(Br)CCN(C)c1ccncc1. The summed E-state index contributed by atoms with van der Waals surface area (Å²) in [5.74, 6) is 0. The predicted molar refractivity (Wildman–Crippen MR) is 60.5 cm³/mol. The minimum atomic E-state index is 0.580. The van der Waals surface area contributed by atoms with E-state index >= 15 is 0 Å². The topological polar surface area (TPSA) is 16.1 Å². The minimum Gasteiger partial charge on any atom is -0.374 e. The molecule has 0 fully saturated rings. The van der Waals surface area contributed by atoms with Gasteiger partial charge in [0.05, 0.1) is 0 Å². The smallest absolute Gasteiger partial charge is 0.0394 e. The van der Waals surface area contributed by atoms with Crippen molar-refractivity contribution >= 4 is 21.6 Å². The van der Waals surface area contributed by atoms with Crippen LogP contribution in [0.4, 0.5) is 5.69 Å². The summed E-state index contributed by atoms with van der Waals surface area (Å²) in [6, 6.07) is 4.05. The molecule has 0 spiro atoms. The third-order valence-electron chi connectivity index (χ3n) is 1.97. The van der Waals surface area contributed by atoms with Crippen LogP contribution in [0.15, 0.2) is 24.5 Å². The van der Waals surface area contributed by atoms with Gasteiger partial charge in [-0.2, -0.15) is 0 Å². The normalized spacial score (nSPS) is 12.5. The lowest BCUT2D eigenvalue weighted by atomic mass is 10.3. The summed E-state index contributed by atoms with van der Waals surface area (Å²) in [7, 11) is 2.10. The molecule has 1 aromatic heterocycles. The van der Waals surface area contributed by atoms with E-state index in [1.165, 1.54) is 5.69 Å². The lowest BCUT2D eigenvalue weighted by molar-refractivity contribution is 0.787. The summed E-state index contributed by atoms with van der Waals surface area (Å²) in [5, 5.41) is 0. The van der Waals surface area contributed by atoms with Crippen LogP contribution in [-0.2, 0) is 0 Å². The third-order valence-corrected chi connectivity index (χ3v) is 2.42. The van der Waals surface area contributed by atoms with Gasteiger partial charge >= 0.3 is 0 Å². The molecule has 72 valence electrons. The molecule has 13 heavy (non-hydrogen) atoms. The van der Waals surface area contributed by atoms with E-state index in [2.05, 4.69) is 39.8 Å². The van der Waals surface area contributed by atoms with Gasteiger partial charge in [0.15, 0.2) is 0 Å². The van der Waals surface area contributed by atoms with Crippen molar-refractivity contribution in [1.82, 2.24) is 4.98 Å². The maximum atomic E-state index is 3.99. The average Bonchev–Trinajstić information content (AvgIpc) is 2.15. The van der Waals surface area contributed by atoms with Crippen LogP contribution in [0.1, 0.15) is 13.3 Å². The molecule has 1 heterocycles.